The van der Waals surface area contributed by atoms with Gasteiger partial charge in [-0.1, -0.05) is 85.4 Å². The highest BCUT2D eigenvalue weighted by molar-refractivity contribution is 7.90. The molecule has 0 heterocycles. The van der Waals surface area contributed by atoms with E-state index in [1.165, 1.54) is 0 Å². The first-order chi connectivity index (χ1) is 16.3. The van der Waals surface area contributed by atoms with Crippen molar-refractivity contribution in [3.05, 3.63) is 41.7 Å². The molecule has 0 radical (unpaired) electrons. The molecule has 0 aliphatic heterocycles. The van der Waals surface area contributed by atoms with Crippen molar-refractivity contribution < 1.29 is 12.8 Å². The van der Waals surface area contributed by atoms with Crippen molar-refractivity contribution >= 4 is 24.1 Å². The topological polar surface area (TPSA) is 55.7 Å². The number of terminal acetylenes is 1. The second-order valence-electron chi connectivity index (χ2n) is 11.1. The number of rotatable bonds is 9. The highest BCUT2D eigenvalue weighted by Gasteiger charge is 2.48. The molecule has 1 aromatic rings. The SMILES string of the molecule is C#C[C@]1(CCC)CC=C(O[Si](C(C)C)(C(C)C)C(C)C)[C@@H](C)C/C1=N\S(=O)(=O)c1ccc(C)cc1. The summed E-state index contributed by atoms with van der Waals surface area (Å²) in [5.74, 6) is 3.94. The number of nitrogens with zero attached hydrogens (tertiary/aromatic N) is 1. The van der Waals surface area contributed by atoms with E-state index in [-0.39, 0.29) is 10.8 Å². The number of hydrogen-bond acceptors (Lipinski definition) is 3. The van der Waals surface area contributed by atoms with Crippen molar-refractivity contribution in [3.8, 4) is 12.3 Å². The van der Waals surface area contributed by atoms with Gasteiger partial charge >= 0.3 is 0 Å². The van der Waals surface area contributed by atoms with Gasteiger partial charge in [-0.15, -0.1) is 6.42 Å². The van der Waals surface area contributed by atoms with Gasteiger partial charge in [0.2, 0.25) is 0 Å². The maximum Gasteiger partial charge on any atom is 0.282 e. The second-order valence-corrected chi connectivity index (χ2v) is 18.1. The summed E-state index contributed by atoms with van der Waals surface area (Å²) in [5, 5.41) is 0. The molecule has 2 rings (SSSR count). The predicted octanol–water partition coefficient (Wildman–Crippen LogP) is 8.05. The van der Waals surface area contributed by atoms with Gasteiger partial charge in [0.05, 0.1) is 21.8 Å². The van der Waals surface area contributed by atoms with E-state index in [9.17, 15) is 8.42 Å². The predicted molar refractivity (Wildman–Crippen MR) is 151 cm³/mol. The van der Waals surface area contributed by atoms with Crippen molar-refractivity contribution in [2.45, 2.75) is 110 Å². The molecule has 0 N–H and O–H groups in total. The van der Waals surface area contributed by atoms with Gasteiger partial charge in [0.15, 0.2) is 0 Å². The lowest BCUT2D eigenvalue weighted by Crippen LogP contribution is -2.48. The van der Waals surface area contributed by atoms with Crippen LogP contribution in [0.5, 0.6) is 0 Å². The number of hydrogen-bond donors (Lipinski definition) is 0. The van der Waals surface area contributed by atoms with Gasteiger partial charge in [0.25, 0.3) is 18.3 Å². The third-order valence-corrected chi connectivity index (χ3v) is 15.0. The minimum absolute atomic E-state index is 0.00262. The molecule has 2 atom stereocenters. The summed E-state index contributed by atoms with van der Waals surface area (Å²) in [6.07, 6.45) is 10.8. The normalized spacial score (nSPS) is 22.9. The maximum atomic E-state index is 13.3. The fraction of sp³-hybridized carbons (Fsp3) is 0.621. The van der Waals surface area contributed by atoms with E-state index in [2.05, 4.69) is 71.8 Å². The van der Waals surface area contributed by atoms with Crippen LogP contribution in [-0.2, 0) is 14.4 Å². The molecule has 0 aromatic heterocycles. The van der Waals surface area contributed by atoms with Crippen LogP contribution >= 0.6 is 0 Å². The summed E-state index contributed by atoms with van der Waals surface area (Å²) in [4.78, 5) is 0.199. The molecular formula is C29H45NO3SSi. The van der Waals surface area contributed by atoms with Crippen LogP contribution in [0.1, 0.15) is 86.6 Å². The Morgan fingerprint density at radius 2 is 1.66 bits per heavy atom. The fourth-order valence-electron chi connectivity index (χ4n) is 5.80. The molecule has 0 spiro atoms. The van der Waals surface area contributed by atoms with E-state index in [1.54, 1.807) is 24.3 Å². The molecule has 6 heteroatoms. The molecule has 35 heavy (non-hydrogen) atoms. The molecule has 0 saturated heterocycles. The third kappa shape index (κ3) is 6.11. The Balaban J connectivity index is 2.59. The van der Waals surface area contributed by atoms with Gasteiger partial charge in [-0.2, -0.15) is 12.8 Å². The van der Waals surface area contributed by atoms with Gasteiger partial charge in [-0.3, -0.25) is 0 Å². The van der Waals surface area contributed by atoms with Gasteiger partial charge in [0.1, 0.15) is 0 Å². The molecule has 194 valence electrons. The van der Waals surface area contributed by atoms with Crippen LogP contribution in [0.4, 0.5) is 0 Å². The molecule has 1 aromatic carbocycles. The van der Waals surface area contributed by atoms with Gasteiger partial charge in [-0.25, -0.2) is 0 Å². The molecule has 4 nitrogen and oxygen atoms in total. The molecule has 1 aliphatic rings. The van der Waals surface area contributed by atoms with Gasteiger partial charge < -0.3 is 4.43 Å². The Bertz CT molecular complexity index is 1060. The number of sulfonamides is 1. The van der Waals surface area contributed by atoms with Crippen LogP contribution in [0, 0.1) is 30.6 Å². The first-order valence-corrected chi connectivity index (χ1v) is 16.6. The third-order valence-electron chi connectivity index (χ3n) is 7.69. The molecular weight excluding hydrogens is 470 g/mol. The van der Waals surface area contributed by atoms with E-state index < -0.39 is 23.8 Å². The summed E-state index contributed by atoms with van der Waals surface area (Å²) in [5.41, 5.74) is 2.19. The van der Waals surface area contributed by atoms with Crippen LogP contribution in [-0.4, -0.2) is 22.4 Å². The van der Waals surface area contributed by atoms with Crippen LogP contribution in [0.2, 0.25) is 16.6 Å². The standard InChI is InChI=1S/C29H45NO3SSi/c1-11-18-29(12-2)19-17-27(33-35(21(3)4,22(5)6)23(7)8)25(10)20-28(29)30-34(31,32)26-15-13-24(9)14-16-26/h2,13-17,21-23,25H,11,18-20H2,1,3-10H3/b30-28+/t25-,29-/m0/s1. The summed E-state index contributed by atoms with van der Waals surface area (Å²) in [6, 6.07) is 6.83. The van der Waals surface area contributed by atoms with Gasteiger partial charge in [-0.05, 0) is 61.0 Å². The molecule has 0 amide bonds. The minimum Gasteiger partial charge on any atom is -0.546 e. The van der Waals surface area contributed by atoms with E-state index in [0.29, 0.717) is 41.6 Å². The van der Waals surface area contributed by atoms with Crippen molar-refractivity contribution in [2.24, 2.45) is 15.7 Å². The van der Waals surface area contributed by atoms with Crippen LogP contribution in [0.15, 0.2) is 45.4 Å². The summed E-state index contributed by atoms with van der Waals surface area (Å²) in [7, 11) is -6.03. The smallest absolute Gasteiger partial charge is 0.282 e. The van der Waals surface area contributed by atoms with Crippen LogP contribution in [0.25, 0.3) is 0 Å². The Labute approximate surface area is 215 Å². The lowest BCUT2D eigenvalue weighted by atomic mass is 9.76. The Kier molecular flexibility index (Phi) is 9.64. The summed E-state index contributed by atoms with van der Waals surface area (Å²) < 4.78 is 38.1. The zero-order chi connectivity index (χ0) is 26.6. The highest BCUT2D eigenvalue weighted by Crippen LogP contribution is 2.46. The van der Waals surface area contributed by atoms with Crippen LogP contribution in [0.3, 0.4) is 0 Å². The van der Waals surface area contributed by atoms with Crippen molar-refractivity contribution in [1.82, 2.24) is 0 Å². The fourth-order valence-corrected chi connectivity index (χ4v) is 12.3. The number of aryl methyl sites for hydroxylation is 1. The van der Waals surface area contributed by atoms with Crippen molar-refractivity contribution in [1.29, 1.82) is 0 Å². The first kappa shape index (κ1) is 29.4. The second kappa shape index (κ2) is 11.5. The Morgan fingerprint density at radius 3 is 2.11 bits per heavy atom. The summed E-state index contributed by atoms with van der Waals surface area (Å²) in [6.45, 7) is 19.8. The van der Waals surface area contributed by atoms with Crippen molar-refractivity contribution in [3.63, 3.8) is 0 Å². The zero-order valence-corrected chi connectivity index (χ0v) is 25.0. The van der Waals surface area contributed by atoms with E-state index in [1.807, 2.05) is 6.92 Å². The quantitative estimate of drug-likeness (QED) is 0.247. The maximum absolute atomic E-state index is 13.3. The monoisotopic (exact) mass is 515 g/mol. The molecule has 1 aliphatic carbocycles. The number of allylic oxidation sites excluding steroid dienone is 2. The lowest BCUT2D eigenvalue weighted by Gasteiger charge is -2.43. The van der Waals surface area contributed by atoms with Crippen LogP contribution < -0.4 is 0 Å². The largest absolute Gasteiger partial charge is 0.546 e. The zero-order valence-electron chi connectivity index (χ0n) is 23.2. The molecule has 0 unspecified atom stereocenters. The van der Waals surface area contributed by atoms with Gasteiger partial charge in [0, 0.05) is 5.92 Å². The van der Waals surface area contributed by atoms with E-state index in [0.717, 1.165) is 17.7 Å². The summed E-state index contributed by atoms with van der Waals surface area (Å²) >= 11 is 0. The highest BCUT2D eigenvalue weighted by atomic mass is 32.2. The Hall–Kier alpha value is -1.84. The lowest BCUT2D eigenvalue weighted by molar-refractivity contribution is 0.321. The minimum atomic E-state index is -3.87. The number of benzene rings is 1. The van der Waals surface area contributed by atoms with E-state index >= 15 is 0 Å². The average Bonchev–Trinajstić information content (AvgIpc) is 2.88. The average molecular weight is 516 g/mol. The van der Waals surface area contributed by atoms with Crippen molar-refractivity contribution in [2.75, 3.05) is 0 Å². The molecule has 0 bridgehead atoms. The van der Waals surface area contributed by atoms with E-state index in [4.69, 9.17) is 10.8 Å². The first-order valence-electron chi connectivity index (χ1n) is 13.0. The Morgan fingerprint density at radius 1 is 1.11 bits per heavy atom. The molecule has 0 fully saturated rings. The molecule has 0 saturated carbocycles.